The molecule has 152 valence electrons. The molecule has 0 radical (unpaired) electrons. The lowest BCUT2D eigenvalue weighted by Crippen LogP contribution is -2.41. The first-order valence-corrected chi connectivity index (χ1v) is 10.0. The number of aromatic nitrogens is 2. The van der Waals surface area contributed by atoms with Crippen molar-refractivity contribution in [2.75, 3.05) is 25.0 Å². The summed E-state index contributed by atoms with van der Waals surface area (Å²) < 4.78 is 13.5. The molecule has 1 aliphatic rings. The van der Waals surface area contributed by atoms with E-state index in [-0.39, 0.29) is 11.9 Å². The summed E-state index contributed by atoms with van der Waals surface area (Å²) >= 11 is 0. The van der Waals surface area contributed by atoms with Gasteiger partial charge in [0.1, 0.15) is 23.7 Å². The minimum atomic E-state index is -1.11. The Hall–Kier alpha value is -2.61. The molecule has 4 N–H and O–H groups in total. The SMILES string of the molecule is CCc1nc(NC(CN2CCC2)c2ccc(F)cc2)c2cccc(C(N)O)c2n1. The second kappa shape index (κ2) is 8.41. The van der Waals surface area contributed by atoms with Crippen LogP contribution >= 0.6 is 0 Å². The van der Waals surface area contributed by atoms with Crippen LogP contribution in [-0.4, -0.2) is 39.6 Å². The van der Waals surface area contributed by atoms with Crippen molar-refractivity contribution in [2.45, 2.75) is 32.0 Å². The molecular formula is C22H26FN5O. The fourth-order valence-corrected chi connectivity index (χ4v) is 3.64. The number of likely N-dealkylation sites (tertiary alicyclic amines) is 1. The number of benzene rings is 2. The molecule has 2 aromatic carbocycles. The summed E-state index contributed by atoms with van der Waals surface area (Å²) in [7, 11) is 0. The van der Waals surface area contributed by atoms with Crippen LogP contribution < -0.4 is 11.1 Å². The highest BCUT2D eigenvalue weighted by molar-refractivity contribution is 5.91. The average molecular weight is 395 g/mol. The number of halogens is 1. The highest BCUT2D eigenvalue weighted by Gasteiger charge is 2.22. The summed E-state index contributed by atoms with van der Waals surface area (Å²) in [5.74, 6) is 1.12. The van der Waals surface area contributed by atoms with Crippen LogP contribution in [0.4, 0.5) is 10.2 Å². The maximum absolute atomic E-state index is 13.5. The van der Waals surface area contributed by atoms with Crippen molar-refractivity contribution in [1.29, 1.82) is 0 Å². The van der Waals surface area contributed by atoms with Gasteiger partial charge in [-0.05, 0) is 43.3 Å². The number of hydrogen-bond donors (Lipinski definition) is 3. The van der Waals surface area contributed by atoms with Gasteiger partial charge in [0.2, 0.25) is 0 Å². The molecule has 1 fully saturated rings. The fourth-order valence-electron chi connectivity index (χ4n) is 3.64. The van der Waals surface area contributed by atoms with Crippen molar-refractivity contribution >= 4 is 16.7 Å². The van der Waals surface area contributed by atoms with Crippen molar-refractivity contribution < 1.29 is 9.50 Å². The number of aryl methyl sites for hydroxylation is 1. The van der Waals surface area contributed by atoms with Gasteiger partial charge in [-0.3, -0.25) is 0 Å². The molecular weight excluding hydrogens is 369 g/mol. The van der Waals surface area contributed by atoms with Gasteiger partial charge in [0.15, 0.2) is 0 Å². The number of rotatable bonds is 7. The van der Waals surface area contributed by atoms with Crippen LogP contribution in [0.15, 0.2) is 42.5 Å². The van der Waals surface area contributed by atoms with Crippen LogP contribution in [0.1, 0.15) is 42.6 Å². The van der Waals surface area contributed by atoms with Gasteiger partial charge in [-0.1, -0.05) is 31.2 Å². The van der Waals surface area contributed by atoms with Gasteiger partial charge in [0, 0.05) is 23.9 Å². The number of aliphatic hydroxyl groups excluding tert-OH is 1. The minimum absolute atomic E-state index is 0.0508. The van der Waals surface area contributed by atoms with Crippen LogP contribution in [0.2, 0.25) is 0 Å². The van der Waals surface area contributed by atoms with E-state index in [0.717, 1.165) is 30.6 Å². The third kappa shape index (κ3) is 4.22. The number of para-hydroxylation sites is 1. The first-order valence-electron chi connectivity index (χ1n) is 10.0. The fraction of sp³-hybridized carbons (Fsp3) is 0.364. The van der Waals surface area contributed by atoms with E-state index in [4.69, 9.17) is 10.7 Å². The molecule has 3 aromatic rings. The molecule has 2 atom stereocenters. The third-order valence-electron chi connectivity index (χ3n) is 5.41. The Morgan fingerprint density at radius 1 is 1.17 bits per heavy atom. The Morgan fingerprint density at radius 3 is 2.55 bits per heavy atom. The molecule has 4 rings (SSSR count). The predicted molar refractivity (Wildman–Crippen MR) is 112 cm³/mol. The average Bonchev–Trinajstić information content (AvgIpc) is 2.69. The lowest BCUT2D eigenvalue weighted by Gasteiger charge is -2.35. The molecule has 2 unspecified atom stereocenters. The maximum Gasteiger partial charge on any atom is 0.138 e. The number of anilines is 1. The molecule has 0 saturated carbocycles. The largest absolute Gasteiger partial charge is 0.374 e. The lowest BCUT2D eigenvalue weighted by atomic mass is 10.0. The van der Waals surface area contributed by atoms with Gasteiger partial charge in [0.05, 0.1) is 11.6 Å². The molecule has 0 aliphatic carbocycles. The van der Waals surface area contributed by atoms with E-state index in [9.17, 15) is 9.50 Å². The molecule has 1 aromatic heterocycles. The minimum Gasteiger partial charge on any atom is -0.374 e. The van der Waals surface area contributed by atoms with E-state index >= 15 is 0 Å². The van der Waals surface area contributed by atoms with Crippen LogP contribution in [0.25, 0.3) is 10.9 Å². The van der Waals surface area contributed by atoms with E-state index in [1.165, 1.54) is 18.6 Å². The number of hydrogen-bond acceptors (Lipinski definition) is 6. The molecule has 0 amide bonds. The summed E-state index contributed by atoms with van der Waals surface area (Å²) in [6, 6.07) is 12.1. The van der Waals surface area contributed by atoms with Crippen LogP contribution in [0.3, 0.4) is 0 Å². The molecule has 1 saturated heterocycles. The van der Waals surface area contributed by atoms with Gasteiger partial charge in [-0.25, -0.2) is 14.4 Å². The predicted octanol–water partition coefficient (Wildman–Crippen LogP) is 3.14. The molecule has 29 heavy (non-hydrogen) atoms. The second-order valence-electron chi connectivity index (χ2n) is 7.43. The molecule has 7 heteroatoms. The number of nitrogens with two attached hydrogens (primary N) is 1. The summed E-state index contributed by atoms with van der Waals surface area (Å²) in [6.45, 7) is 4.92. The second-order valence-corrected chi connectivity index (χ2v) is 7.43. The summed E-state index contributed by atoms with van der Waals surface area (Å²) in [6.07, 6.45) is 0.747. The van der Waals surface area contributed by atoms with E-state index < -0.39 is 6.23 Å². The summed E-state index contributed by atoms with van der Waals surface area (Å²) in [4.78, 5) is 11.7. The normalized spacial score (nSPS) is 16.4. The zero-order chi connectivity index (χ0) is 20.4. The first-order chi connectivity index (χ1) is 14.0. The number of fused-ring (bicyclic) bond motifs is 1. The van der Waals surface area contributed by atoms with Crippen molar-refractivity contribution in [3.63, 3.8) is 0 Å². The Labute approximate surface area is 169 Å². The molecule has 6 nitrogen and oxygen atoms in total. The van der Waals surface area contributed by atoms with E-state index in [0.29, 0.717) is 29.1 Å². The smallest absolute Gasteiger partial charge is 0.138 e. The molecule has 2 heterocycles. The highest BCUT2D eigenvalue weighted by Crippen LogP contribution is 2.29. The van der Waals surface area contributed by atoms with Gasteiger partial charge < -0.3 is 21.1 Å². The van der Waals surface area contributed by atoms with Crippen LogP contribution in [-0.2, 0) is 6.42 Å². The Morgan fingerprint density at radius 2 is 1.93 bits per heavy atom. The van der Waals surface area contributed by atoms with Crippen LogP contribution in [0, 0.1) is 5.82 Å². The molecule has 0 spiro atoms. The Bertz CT molecular complexity index is 988. The first kappa shape index (κ1) is 19.7. The third-order valence-corrected chi connectivity index (χ3v) is 5.41. The summed E-state index contributed by atoms with van der Waals surface area (Å²) in [5, 5.41) is 14.3. The van der Waals surface area contributed by atoms with E-state index in [1.54, 1.807) is 6.07 Å². The summed E-state index contributed by atoms with van der Waals surface area (Å²) in [5.41, 5.74) is 7.97. The van der Waals surface area contributed by atoms with Gasteiger partial charge >= 0.3 is 0 Å². The van der Waals surface area contributed by atoms with Crippen molar-refractivity contribution in [1.82, 2.24) is 14.9 Å². The quantitative estimate of drug-likeness (QED) is 0.533. The monoisotopic (exact) mass is 395 g/mol. The topological polar surface area (TPSA) is 87.3 Å². The number of nitrogens with zero attached hydrogens (tertiary/aromatic N) is 3. The molecule has 1 aliphatic heterocycles. The van der Waals surface area contributed by atoms with E-state index in [1.807, 2.05) is 31.2 Å². The van der Waals surface area contributed by atoms with Crippen molar-refractivity contribution in [3.05, 3.63) is 65.2 Å². The number of nitrogens with one attached hydrogen (secondary N) is 1. The molecule has 0 bridgehead atoms. The van der Waals surface area contributed by atoms with Crippen LogP contribution in [0.5, 0.6) is 0 Å². The number of aliphatic hydroxyl groups is 1. The van der Waals surface area contributed by atoms with Gasteiger partial charge in [-0.15, -0.1) is 0 Å². The van der Waals surface area contributed by atoms with Crippen molar-refractivity contribution in [2.24, 2.45) is 5.73 Å². The zero-order valence-corrected chi connectivity index (χ0v) is 16.5. The standard InChI is InChI=1S/C22H26FN5O/c1-2-19-26-20-16(21(24)29)5-3-6-17(20)22(27-19)25-18(13-28-11-4-12-28)14-7-9-15(23)10-8-14/h3,5-10,18,21,29H,2,4,11-13,24H2,1H3,(H,25,26,27). The zero-order valence-electron chi connectivity index (χ0n) is 16.5. The lowest BCUT2D eigenvalue weighted by molar-refractivity contribution is 0.174. The van der Waals surface area contributed by atoms with Gasteiger partial charge in [0.25, 0.3) is 0 Å². The van der Waals surface area contributed by atoms with E-state index in [2.05, 4.69) is 15.2 Å². The maximum atomic E-state index is 13.5. The van der Waals surface area contributed by atoms with Crippen molar-refractivity contribution in [3.8, 4) is 0 Å². The highest BCUT2D eigenvalue weighted by atomic mass is 19.1. The Balaban J connectivity index is 1.76. The Kier molecular flexibility index (Phi) is 5.71. The van der Waals surface area contributed by atoms with Gasteiger partial charge in [-0.2, -0.15) is 0 Å².